The summed E-state index contributed by atoms with van der Waals surface area (Å²) < 4.78 is 0. The maximum atomic E-state index is 4.71. The van der Waals surface area contributed by atoms with E-state index in [-0.39, 0.29) is 0 Å². The second-order valence-electron chi connectivity index (χ2n) is 7.71. The molecule has 146 valence electrons. The number of hydrazine groups is 1. The van der Waals surface area contributed by atoms with E-state index in [0.717, 1.165) is 25.3 Å². The van der Waals surface area contributed by atoms with Gasteiger partial charge >= 0.3 is 0 Å². The van der Waals surface area contributed by atoms with Crippen LogP contribution in [-0.4, -0.2) is 18.1 Å². The predicted octanol–water partition coefficient (Wildman–Crippen LogP) is 4.49. The van der Waals surface area contributed by atoms with Crippen LogP contribution in [0.4, 0.5) is 0 Å². The first kappa shape index (κ1) is 19.3. The summed E-state index contributed by atoms with van der Waals surface area (Å²) in [5.41, 5.74) is 11.8. The zero-order valence-electron chi connectivity index (χ0n) is 16.5. The lowest BCUT2D eigenvalue weighted by atomic mass is 9.93. The van der Waals surface area contributed by atoms with Crippen molar-refractivity contribution in [3.63, 3.8) is 0 Å². The zero-order chi connectivity index (χ0) is 19.3. The van der Waals surface area contributed by atoms with Gasteiger partial charge < -0.3 is 5.32 Å². The van der Waals surface area contributed by atoms with E-state index in [1.54, 1.807) is 11.3 Å². The summed E-state index contributed by atoms with van der Waals surface area (Å²) in [6.07, 6.45) is 0. The van der Waals surface area contributed by atoms with Crippen LogP contribution in [0.2, 0.25) is 0 Å². The van der Waals surface area contributed by atoms with E-state index in [2.05, 4.69) is 90.0 Å². The van der Waals surface area contributed by atoms with Crippen molar-refractivity contribution in [3.8, 4) is 11.1 Å². The third kappa shape index (κ3) is 4.50. The van der Waals surface area contributed by atoms with Gasteiger partial charge in [0.05, 0.1) is 16.7 Å². The number of hydrogen-bond donors (Lipinski definition) is 3. The summed E-state index contributed by atoms with van der Waals surface area (Å²) in [4.78, 5) is 4.71. The van der Waals surface area contributed by atoms with E-state index in [1.807, 2.05) is 0 Å². The van der Waals surface area contributed by atoms with Crippen molar-refractivity contribution in [3.05, 3.63) is 76.2 Å². The molecule has 28 heavy (non-hydrogen) atoms. The number of benzene rings is 2. The van der Waals surface area contributed by atoms with Crippen molar-refractivity contribution in [2.75, 3.05) is 13.1 Å². The minimum atomic E-state index is 0.319. The number of thiazole rings is 1. The van der Waals surface area contributed by atoms with Crippen LogP contribution in [0.1, 0.15) is 42.1 Å². The molecule has 0 bridgehead atoms. The van der Waals surface area contributed by atoms with Crippen LogP contribution in [0.5, 0.6) is 0 Å². The van der Waals surface area contributed by atoms with Gasteiger partial charge in [0, 0.05) is 36.9 Å². The summed E-state index contributed by atoms with van der Waals surface area (Å²) in [5, 5.41) is 6.99. The third-order valence-electron chi connectivity index (χ3n) is 5.25. The Kier molecular flexibility index (Phi) is 6.17. The highest BCUT2D eigenvalue weighted by Gasteiger charge is 2.27. The number of rotatable bonds is 7. The van der Waals surface area contributed by atoms with Crippen LogP contribution < -0.4 is 16.2 Å². The molecule has 0 aliphatic carbocycles. The summed E-state index contributed by atoms with van der Waals surface area (Å²) in [5.74, 6) is 1.01. The quantitative estimate of drug-likeness (QED) is 0.555. The molecule has 0 spiro atoms. The summed E-state index contributed by atoms with van der Waals surface area (Å²) in [6.45, 7) is 7.14. The van der Waals surface area contributed by atoms with Crippen molar-refractivity contribution in [1.29, 1.82) is 0 Å². The molecule has 1 aliphatic rings. The van der Waals surface area contributed by atoms with Crippen LogP contribution in [0.3, 0.4) is 0 Å². The van der Waals surface area contributed by atoms with E-state index in [9.17, 15) is 0 Å². The summed E-state index contributed by atoms with van der Waals surface area (Å²) in [6, 6.07) is 19.8. The Morgan fingerprint density at radius 2 is 1.82 bits per heavy atom. The zero-order valence-corrected chi connectivity index (χ0v) is 17.3. The van der Waals surface area contributed by atoms with E-state index in [0.29, 0.717) is 17.9 Å². The van der Waals surface area contributed by atoms with Gasteiger partial charge in [-0.05, 0) is 16.7 Å². The van der Waals surface area contributed by atoms with E-state index in [1.165, 1.54) is 21.7 Å². The van der Waals surface area contributed by atoms with Crippen molar-refractivity contribution in [2.45, 2.75) is 32.4 Å². The SMILES string of the molecule is CC(C)c1nc(CNCC2CNNC2c2ccc(-c3ccccc3)cc2)cs1. The summed E-state index contributed by atoms with van der Waals surface area (Å²) in [7, 11) is 0. The molecule has 0 radical (unpaired) electrons. The largest absolute Gasteiger partial charge is 0.311 e. The molecule has 2 heterocycles. The smallest absolute Gasteiger partial charge is 0.0954 e. The van der Waals surface area contributed by atoms with Gasteiger partial charge in [-0.15, -0.1) is 11.3 Å². The molecular weight excluding hydrogens is 364 g/mol. The monoisotopic (exact) mass is 392 g/mol. The average molecular weight is 393 g/mol. The van der Waals surface area contributed by atoms with Crippen molar-refractivity contribution < 1.29 is 0 Å². The molecular formula is C23H28N4S. The Morgan fingerprint density at radius 1 is 1.07 bits per heavy atom. The van der Waals surface area contributed by atoms with Crippen LogP contribution in [-0.2, 0) is 6.54 Å². The Balaban J connectivity index is 1.35. The molecule has 5 heteroatoms. The van der Waals surface area contributed by atoms with Gasteiger partial charge in [0.1, 0.15) is 0 Å². The standard InChI is InChI=1S/C23H28N4S/c1-16(2)23-26-21(15-28-23)14-24-12-20-13-25-27-22(20)19-10-8-18(9-11-19)17-6-4-3-5-7-17/h3-11,15-16,20,22,24-25,27H,12-14H2,1-2H3. The van der Waals surface area contributed by atoms with E-state index in [4.69, 9.17) is 4.98 Å². The van der Waals surface area contributed by atoms with Crippen molar-refractivity contribution >= 4 is 11.3 Å². The van der Waals surface area contributed by atoms with E-state index >= 15 is 0 Å². The van der Waals surface area contributed by atoms with Crippen LogP contribution >= 0.6 is 11.3 Å². The van der Waals surface area contributed by atoms with Crippen molar-refractivity contribution in [1.82, 2.24) is 21.2 Å². The second-order valence-corrected chi connectivity index (χ2v) is 8.60. The first-order valence-electron chi connectivity index (χ1n) is 9.99. The minimum Gasteiger partial charge on any atom is -0.311 e. The molecule has 2 atom stereocenters. The summed E-state index contributed by atoms with van der Waals surface area (Å²) >= 11 is 1.76. The molecule has 3 aromatic rings. The average Bonchev–Trinajstić information content (AvgIpc) is 3.39. The molecule has 4 nitrogen and oxygen atoms in total. The van der Waals surface area contributed by atoms with Gasteiger partial charge in [0.15, 0.2) is 0 Å². The Hall–Kier alpha value is -2.05. The third-order valence-corrected chi connectivity index (χ3v) is 6.44. The highest BCUT2D eigenvalue weighted by atomic mass is 32.1. The fourth-order valence-corrected chi connectivity index (χ4v) is 4.48. The predicted molar refractivity (Wildman–Crippen MR) is 117 cm³/mol. The van der Waals surface area contributed by atoms with Gasteiger partial charge in [-0.3, -0.25) is 5.43 Å². The topological polar surface area (TPSA) is 49.0 Å². The van der Waals surface area contributed by atoms with Crippen LogP contribution in [0, 0.1) is 5.92 Å². The normalized spacial score (nSPS) is 19.4. The Morgan fingerprint density at radius 3 is 2.54 bits per heavy atom. The maximum Gasteiger partial charge on any atom is 0.0954 e. The highest BCUT2D eigenvalue weighted by Crippen LogP contribution is 2.27. The van der Waals surface area contributed by atoms with Gasteiger partial charge in [-0.25, -0.2) is 10.4 Å². The van der Waals surface area contributed by atoms with Crippen LogP contribution in [0.25, 0.3) is 11.1 Å². The Bertz CT molecular complexity index is 873. The molecule has 3 N–H and O–H groups in total. The lowest BCUT2D eigenvalue weighted by Gasteiger charge is -2.19. The molecule has 0 amide bonds. The number of nitrogens with one attached hydrogen (secondary N) is 3. The minimum absolute atomic E-state index is 0.319. The molecule has 1 aromatic heterocycles. The number of nitrogens with zero attached hydrogens (tertiary/aromatic N) is 1. The first-order chi connectivity index (χ1) is 13.7. The first-order valence-corrected chi connectivity index (χ1v) is 10.9. The van der Waals surface area contributed by atoms with Gasteiger partial charge in [-0.1, -0.05) is 68.4 Å². The fourth-order valence-electron chi connectivity index (χ4n) is 3.65. The van der Waals surface area contributed by atoms with Gasteiger partial charge in [0.25, 0.3) is 0 Å². The Labute approximate surface area is 171 Å². The van der Waals surface area contributed by atoms with Gasteiger partial charge in [-0.2, -0.15) is 0 Å². The number of aromatic nitrogens is 1. The molecule has 4 rings (SSSR count). The lowest BCUT2D eigenvalue weighted by Crippen LogP contribution is -2.28. The molecule has 1 fully saturated rings. The second kappa shape index (κ2) is 8.97. The molecule has 1 saturated heterocycles. The van der Waals surface area contributed by atoms with E-state index < -0.39 is 0 Å². The molecule has 2 aromatic carbocycles. The number of hydrogen-bond acceptors (Lipinski definition) is 5. The lowest BCUT2D eigenvalue weighted by molar-refractivity contribution is 0.440. The molecule has 2 unspecified atom stereocenters. The van der Waals surface area contributed by atoms with Crippen molar-refractivity contribution in [2.24, 2.45) is 5.92 Å². The molecule has 0 saturated carbocycles. The maximum absolute atomic E-state index is 4.71. The molecule has 1 aliphatic heterocycles. The van der Waals surface area contributed by atoms with Gasteiger partial charge in [0.2, 0.25) is 0 Å². The van der Waals surface area contributed by atoms with Crippen LogP contribution in [0.15, 0.2) is 60.0 Å². The fraction of sp³-hybridized carbons (Fsp3) is 0.348. The highest BCUT2D eigenvalue weighted by molar-refractivity contribution is 7.09.